The van der Waals surface area contributed by atoms with Gasteiger partial charge in [-0.2, -0.15) is 0 Å². The third-order valence-electron chi connectivity index (χ3n) is 6.25. The van der Waals surface area contributed by atoms with Gasteiger partial charge in [0, 0.05) is 35.0 Å². The number of benzene rings is 2. The summed E-state index contributed by atoms with van der Waals surface area (Å²) in [5, 5.41) is 5.84. The molecule has 2 aromatic heterocycles. The van der Waals surface area contributed by atoms with Crippen LogP contribution in [0.2, 0.25) is 0 Å². The Morgan fingerprint density at radius 3 is 2.51 bits per heavy atom. The molecule has 0 saturated carbocycles. The number of carbonyl (C=O) groups is 2. The molecule has 0 aliphatic carbocycles. The van der Waals surface area contributed by atoms with Crippen molar-refractivity contribution in [3.8, 4) is 22.4 Å². The molecule has 1 aliphatic heterocycles. The maximum atomic E-state index is 13.2. The van der Waals surface area contributed by atoms with Gasteiger partial charge in [-0.3, -0.25) is 9.59 Å². The lowest BCUT2D eigenvalue weighted by Gasteiger charge is -2.30. The average molecular weight is 469 g/mol. The number of fused-ring (bicyclic) bond motifs is 1. The van der Waals surface area contributed by atoms with E-state index in [1.807, 2.05) is 36.4 Å². The highest BCUT2D eigenvalue weighted by Gasteiger charge is 2.37. The molecule has 3 N–H and O–H groups in total. The van der Waals surface area contributed by atoms with Gasteiger partial charge in [0.1, 0.15) is 11.6 Å². The average Bonchev–Trinajstić information content (AvgIpc) is 3.27. The highest BCUT2D eigenvalue weighted by Crippen LogP contribution is 2.42. The van der Waals surface area contributed by atoms with Crippen molar-refractivity contribution in [1.29, 1.82) is 0 Å². The molecule has 0 fully saturated rings. The molecule has 7 heteroatoms. The first kappa shape index (κ1) is 22.5. The van der Waals surface area contributed by atoms with Crippen LogP contribution in [0.1, 0.15) is 35.5 Å². The van der Waals surface area contributed by atoms with E-state index in [4.69, 9.17) is 0 Å². The minimum absolute atomic E-state index is 0.104. The summed E-state index contributed by atoms with van der Waals surface area (Å²) in [5.74, 6) is -0.313. The second kappa shape index (κ2) is 8.83. The van der Waals surface area contributed by atoms with Crippen LogP contribution in [0, 0.1) is 5.82 Å². The van der Waals surface area contributed by atoms with Crippen LogP contribution >= 0.6 is 0 Å². The Morgan fingerprint density at radius 1 is 1.03 bits per heavy atom. The Bertz CT molecular complexity index is 1410. The van der Waals surface area contributed by atoms with Crippen molar-refractivity contribution in [2.24, 2.45) is 0 Å². The fraction of sp³-hybridized carbons (Fsp3) is 0.179. The predicted molar refractivity (Wildman–Crippen MR) is 134 cm³/mol. The maximum Gasteiger partial charge on any atom is 0.253 e. The Kier molecular flexibility index (Phi) is 5.68. The number of nitrogens with zero attached hydrogens (tertiary/aromatic N) is 1. The van der Waals surface area contributed by atoms with Crippen molar-refractivity contribution in [2.45, 2.75) is 25.7 Å². The van der Waals surface area contributed by atoms with E-state index in [1.54, 1.807) is 24.4 Å². The van der Waals surface area contributed by atoms with Gasteiger partial charge in [-0.1, -0.05) is 56.3 Å². The summed E-state index contributed by atoms with van der Waals surface area (Å²) >= 11 is 0. The van der Waals surface area contributed by atoms with Crippen LogP contribution in [0.4, 0.5) is 10.2 Å². The number of carbonyl (C=O) groups excluding carboxylic acids is 2. The number of amides is 2. The number of pyridine rings is 1. The molecule has 0 saturated heterocycles. The van der Waals surface area contributed by atoms with E-state index in [2.05, 4.69) is 34.4 Å². The van der Waals surface area contributed by atoms with E-state index in [-0.39, 0.29) is 29.5 Å². The molecule has 1 aliphatic rings. The third-order valence-corrected chi connectivity index (χ3v) is 6.25. The largest absolute Gasteiger partial charge is 0.357 e. The second-order valence-corrected chi connectivity index (χ2v) is 9.34. The summed E-state index contributed by atoms with van der Waals surface area (Å²) in [4.78, 5) is 33.4. The first-order valence-corrected chi connectivity index (χ1v) is 11.4. The molecular weight excluding hydrogens is 443 g/mol. The molecule has 35 heavy (non-hydrogen) atoms. The van der Waals surface area contributed by atoms with Gasteiger partial charge in [-0.25, -0.2) is 9.37 Å². The summed E-state index contributed by atoms with van der Waals surface area (Å²) in [6, 6.07) is 19.3. The van der Waals surface area contributed by atoms with Crippen LogP contribution < -0.4 is 10.6 Å². The molecule has 176 valence electrons. The van der Waals surface area contributed by atoms with Gasteiger partial charge in [0.25, 0.3) is 5.91 Å². The molecular formula is C28H25FN4O2. The Hall–Kier alpha value is -4.26. The SMILES string of the molecule is CC1(C)CNC(=O)c2c1[nH]c(-c1ccnc(NC(=O)Cc3ccc(F)cc3)c1)c2-c1ccccc1. The summed E-state index contributed by atoms with van der Waals surface area (Å²) in [6.45, 7) is 4.72. The quantitative estimate of drug-likeness (QED) is 0.382. The molecule has 0 atom stereocenters. The molecule has 6 nitrogen and oxygen atoms in total. The molecule has 4 aromatic rings. The van der Waals surface area contributed by atoms with Crippen molar-refractivity contribution >= 4 is 17.6 Å². The van der Waals surface area contributed by atoms with Crippen molar-refractivity contribution in [3.63, 3.8) is 0 Å². The zero-order chi connectivity index (χ0) is 24.6. The molecule has 2 amide bonds. The van der Waals surface area contributed by atoms with Crippen LogP contribution in [0.25, 0.3) is 22.4 Å². The minimum atomic E-state index is -0.344. The Morgan fingerprint density at radius 2 is 1.77 bits per heavy atom. The van der Waals surface area contributed by atoms with Gasteiger partial charge < -0.3 is 15.6 Å². The fourth-order valence-corrected chi connectivity index (χ4v) is 4.45. The topological polar surface area (TPSA) is 86.9 Å². The number of aromatic nitrogens is 2. The highest BCUT2D eigenvalue weighted by molar-refractivity contribution is 6.07. The van der Waals surface area contributed by atoms with Gasteiger partial charge in [0.15, 0.2) is 0 Å². The lowest BCUT2D eigenvalue weighted by molar-refractivity contribution is -0.115. The predicted octanol–water partition coefficient (Wildman–Crippen LogP) is 5.09. The summed E-state index contributed by atoms with van der Waals surface area (Å²) in [5.41, 5.74) is 5.29. The van der Waals surface area contributed by atoms with Crippen LogP contribution in [-0.2, 0) is 16.6 Å². The van der Waals surface area contributed by atoms with Gasteiger partial charge in [0.2, 0.25) is 5.91 Å². The normalized spacial score (nSPS) is 14.2. The van der Waals surface area contributed by atoms with E-state index in [0.29, 0.717) is 23.5 Å². The Labute approximate surface area is 202 Å². The van der Waals surface area contributed by atoms with Crippen LogP contribution in [0.5, 0.6) is 0 Å². The number of H-pyrrole nitrogens is 1. The standard InChI is InChI=1S/C28H25FN4O2/c1-28(2)16-31-27(35)24-23(18-6-4-3-5-7-18)25(33-26(24)28)19-12-13-30-21(15-19)32-22(34)14-17-8-10-20(29)11-9-17/h3-13,15,33H,14,16H2,1-2H3,(H,31,35)(H,30,32,34). The molecule has 3 heterocycles. The summed E-state index contributed by atoms with van der Waals surface area (Å²) in [7, 11) is 0. The van der Waals surface area contributed by atoms with Crippen LogP contribution in [0.15, 0.2) is 72.9 Å². The first-order chi connectivity index (χ1) is 16.8. The fourth-order valence-electron chi connectivity index (χ4n) is 4.45. The number of anilines is 1. The van der Waals surface area contributed by atoms with E-state index in [9.17, 15) is 14.0 Å². The number of hydrogen-bond acceptors (Lipinski definition) is 3. The number of aromatic amines is 1. The van der Waals surface area contributed by atoms with Crippen LogP contribution in [-0.4, -0.2) is 28.3 Å². The van der Waals surface area contributed by atoms with Gasteiger partial charge in [-0.15, -0.1) is 0 Å². The number of rotatable bonds is 5. The second-order valence-electron chi connectivity index (χ2n) is 9.34. The maximum absolute atomic E-state index is 13.2. The van der Waals surface area contributed by atoms with E-state index < -0.39 is 0 Å². The Balaban J connectivity index is 1.53. The van der Waals surface area contributed by atoms with Gasteiger partial charge >= 0.3 is 0 Å². The van der Waals surface area contributed by atoms with E-state index in [1.165, 1.54) is 12.1 Å². The third kappa shape index (κ3) is 4.45. The lowest BCUT2D eigenvalue weighted by atomic mass is 9.82. The number of nitrogens with one attached hydrogen (secondary N) is 3. The van der Waals surface area contributed by atoms with Gasteiger partial charge in [0.05, 0.1) is 17.7 Å². The smallest absolute Gasteiger partial charge is 0.253 e. The molecule has 5 rings (SSSR count). The zero-order valence-corrected chi connectivity index (χ0v) is 19.5. The number of hydrogen-bond donors (Lipinski definition) is 3. The van der Waals surface area contributed by atoms with E-state index in [0.717, 1.165) is 28.1 Å². The highest BCUT2D eigenvalue weighted by atomic mass is 19.1. The minimum Gasteiger partial charge on any atom is -0.357 e. The first-order valence-electron chi connectivity index (χ1n) is 11.4. The van der Waals surface area contributed by atoms with Crippen molar-refractivity contribution in [3.05, 3.63) is 95.6 Å². The molecule has 0 spiro atoms. The molecule has 2 aromatic carbocycles. The van der Waals surface area contributed by atoms with E-state index >= 15 is 0 Å². The lowest BCUT2D eigenvalue weighted by Crippen LogP contribution is -2.43. The van der Waals surface area contributed by atoms with Crippen molar-refractivity contribution in [2.75, 3.05) is 11.9 Å². The molecule has 0 bridgehead atoms. The number of halogens is 1. The van der Waals surface area contributed by atoms with Gasteiger partial charge in [-0.05, 0) is 35.4 Å². The monoisotopic (exact) mass is 468 g/mol. The summed E-state index contributed by atoms with van der Waals surface area (Å²) in [6.07, 6.45) is 1.73. The molecule has 0 radical (unpaired) electrons. The zero-order valence-electron chi connectivity index (χ0n) is 19.5. The summed E-state index contributed by atoms with van der Waals surface area (Å²) < 4.78 is 13.2. The van der Waals surface area contributed by atoms with Crippen molar-refractivity contribution in [1.82, 2.24) is 15.3 Å². The molecule has 0 unspecified atom stereocenters. The van der Waals surface area contributed by atoms with Crippen LogP contribution in [0.3, 0.4) is 0 Å². The van der Waals surface area contributed by atoms with Crippen molar-refractivity contribution < 1.29 is 14.0 Å².